The minimum absolute atomic E-state index is 0.105. The molecule has 1 rings (SSSR count). The van der Waals surface area contributed by atoms with Crippen molar-refractivity contribution in [2.75, 3.05) is 20.3 Å². The quantitative estimate of drug-likeness (QED) is 0.767. The van der Waals surface area contributed by atoms with Crippen molar-refractivity contribution in [3.8, 4) is 11.8 Å². The van der Waals surface area contributed by atoms with Gasteiger partial charge in [0.15, 0.2) is 0 Å². The third kappa shape index (κ3) is 3.95. The lowest BCUT2D eigenvalue weighted by Crippen LogP contribution is -2.31. The molecule has 88 valence electrons. The predicted octanol–water partition coefficient (Wildman–Crippen LogP) is 0.905. The van der Waals surface area contributed by atoms with E-state index in [0.717, 1.165) is 12.1 Å². The second-order valence-electron chi connectivity index (χ2n) is 3.71. The number of aliphatic hydroxyl groups excluding tert-OH is 2. The molecule has 0 fully saturated rings. The Kier molecular flexibility index (Phi) is 5.50. The topological polar surface area (TPSA) is 43.7 Å². The van der Waals surface area contributed by atoms with E-state index in [1.165, 1.54) is 4.88 Å². The van der Waals surface area contributed by atoms with E-state index in [0.29, 0.717) is 0 Å². The highest BCUT2D eigenvalue weighted by Gasteiger charge is 2.09. The summed E-state index contributed by atoms with van der Waals surface area (Å²) < 4.78 is 0. The van der Waals surface area contributed by atoms with Crippen LogP contribution in [0.1, 0.15) is 17.4 Å². The van der Waals surface area contributed by atoms with Crippen LogP contribution in [0, 0.1) is 11.8 Å². The number of aliphatic hydroxyl groups is 2. The van der Waals surface area contributed by atoms with E-state index in [2.05, 4.69) is 16.7 Å². The first-order valence-electron chi connectivity index (χ1n) is 5.15. The maximum absolute atomic E-state index is 9.02. The molecule has 2 N–H and O–H groups in total. The zero-order valence-electron chi connectivity index (χ0n) is 9.60. The molecule has 0 aliphatic heterocycles. The molecule has 0 radical (unpaired) electrons. The van der Waals surface area contributed by atoms with Gasteiger partial charge in [0.1, 0.15) is 6.61 Å². The van der Waals surface area contributed by atoms with Crippen LogP contribution in [-0.4, -0.2) is 41.4 Å². The molecule has 0 aliphatic rings. The van der Waals surface area contributed by atoms with E-state index in [9.17, 15) is 0 Å². The van der Waals surface area contributed by atoms with Crippen molar-refractivity contribution in [2.45, 2.75) is 19.5 Å². The fraction of sp³-hybridized carbons (Fsp3) is 0.500. The Balaban J connectivity index is 2.58. The highest BCUT2D eigenvalue weighted by atomic mass is 32.1. The molecule has 0 amide bonds. The molecule has 1 aromatic heterocycles. The zero-order valence-corrected chi connectivity index (χ0v) is 10.4. The van der Waals surface area contributed by atoms with E-state index in [-0.39, 0.29) is 19.3 Å². The molecule has 1 atom stereocenters. The summed E-state index contributed by atoms with van der Waals surface area (Å²) in [6, 6.07) is 2.18. The molecular formula is C12H17NO2S. The smallest absolute Gasteiger partial charge is 0.104 e. The summed E-state index contributed by atoms with van der Waals surface area (Å²) in [6.45, 7) is 2.86. The average Bonchev–Trinajstić information content (AvgIpc) is 2.72. The number of nitrogens with zero attached hydrogens (tertiary/aromatic N) is 1. The Morgan fingerprint density at radius 3 is 2.88 bits per heavy atom. The maximum atomic E-state index is 9.02. The summed E-state index contributed by atoms with van der Waals surface area (Å²) in [5.41, 5.74) is 0.944. The van der Waals surface area contributed by atoms with Gasteiger partial charge in [0.2, 0.25) is 0 Å². The first kappa shape index (κ1) is 13.2. The second-order valence-corrected chi connectivity index (χ2v) is 4.70. The van der Waals surface area contributed by atoms with Crippen molar-refractivity contribution in [3.05, 3.63) is 21.9 Å². The molecule has 1 aromatic rings. The molecule has 3 nitrogen and oxygen atoms in total. The monoisotopic (exact) mass is 239 g/mol. The summed E-state index contributed by atoms with van der Waals surface area (Å²) in [4.78, 5) is 3.31. The Labute approximate surface area is 100 Å². The van der Waals surface area contributed by atoms with Gasteiger partial charge >= 0.3 is 0 Å². The maximum Gasteiger partial charge on any atom is 0.104 e. The van der Waals surface area contributed by atoms with Gasteiger partial charge in [-0.25, -0.2) is 0 Å². The molecule has 0 aromatic carbocycles. The first-order valence-corrected chi connectivity index (χ1v) is 6.03. The standard InChI is InChI=1S/C12H17NO2S/c1-10(8-15)13(2)7-12-6-11(9-16-12)4-3-5-14/h6,9-10,14-15H,5,7-8H2,1-2H3. The Hall–Kier alpha value is -0.860. The lowest BCUT2D eigenvalue weighted by molar-refractivity contribution is 0.155. The fourth-order valence-corrected chi connectivity index (χ4v) is 2.09. The van der Waals surface area contributed by atoms with Crippen molar-refractivity contribution in [2.24, 2.45) is 0 Å². The van der Waals surface area contributed by atoms with Crippen LogP contribution in [0.2, 0.25) is 0 Å². The van der Waals surface area contributed by atoms with Gasteiger partial charge in [-0.15, -0.1) is 11.3 Å². The summed E-state index contributed by atoms with van der Waals surface area (Å²) >= 11 is 1.65. The lowest BCUT2D eigenvalue weighted by atomic mass is 10.2. The van der Waals surface area contributed by atoms with Gasteiger partial charge in [-0.1, -0.05) is 11.8 Å². The molecule has 16 heavy (non-hydrogen) atoms. The highest BCUT2D eigenvalue weighted by Crippen LogP contribution is 2.16. The van der Waals surface area contributed by atoms with E-state index >= 15 is 0 Å². The van der Waals surface area contributed by atoms with Crippen molar-refractivity contribution >= 4 is 11.3 Å². The van der Waals surface area contributed by atoms with E-state index in [1.807, 2.05) is 25.4 Å². The number of hydrogen-bond acceptors (Lipinski definition) is 4. The summed E-state index contributed by atoms with van der Waals surface area (Å²) in [5.74, 6) is 5.50. The molecular weight excluding hydrogens is 222 g/mol. The number of hydrogen-bond donors (Lipinski definition) is 2. The Morgan fingerprint density at radius 1 is 1.50 bits per heavy atom. The van der Waals surface area contributed by atoms with Crippen LogP contribution < -0.4 is 0 Å². The van der Waals surface area contributed by atoms with Crippen LogP contribution in [0.3, 0.4) is 0 Å². The number of thiophene rings is 1. The molecule has 0 saturated carbocycles. The normalized spacial score (nSPS) is 12.3. The van der Waals surface area contributed by atoms with Crippen LogP contribution in [0.5, 0.6) is 0 Å². The van der Waals surface area contributed by atoms with Gasteiger partial charge in [-0.3, -0.25) is 4.90 Å². The van der Waals surface area contributed by atoms with Crippen LogP contribution in [0.25, 0.3) is 0 Å². The predicted molar refractivity (Wildman–Crippen MR) is 66.3 cm³/mol. The number of rotatable bonds is 4. The molecule has 1 heterocycles. The van der Waals surface area contributed by atoms with Crippen molar-refractivity contribution in [3.63, 3.8) is 0 Å². The molecule has 0 aliphatic carbocycles. The van der Waals surface area contributed by atoms with Crippen molar-refractivity contribution < 1.29 is 10.2 Å². The van der Waals surface area contributed by atoms with Crippen LogP contribution >= 0.6 is 11.3 Å². The van der Waals surface area contributed by atoms with Gasteiger partial charge in [0.25, 0.3) is 0 Å². The van der Waals surface area contributed by atoms with Crippen LogP contribution in [0.15, 0.2) is 11.4 Å². The minimum Gasteiger partial charge on any atom is -0.395 e. The average molecular weight is 239 g/mol. The van der Waals surface area contributed by atoms with Gasteiger partial charge in [-0.2, -0.15) is 0 Å². The van der Waals surface area contributed by atoms with Crippen molar-refractivity contribution in [1.82, 2.24) is 4.90 Å². The molecule has 1 unspecified atom stereocenters. The van der Waals surface area contributed by atoms with Crippen LogP contribution in [-0.2, 0) is 6.54 Å². The molecule has 4 heteroatoms. The molecule has 0 spiro atoms. The van der Waals surface area contributed by atoms with E-state index in [4.69, 9.17) is 10.2 Å². The van der Waals surface area contributed by atoms with E-state index in [1.54, 1.807) is 11.3 Å². The summed E-state index contributed by atoms with van der Waals surface area (Å²) in [7, 11) is 1.99. The van der Waals surface area contributed by atoms with Crippen LogP contribution in [0.4, 0.5) is 0 Å². The second kappa shape index (κ2) is 6.66. The molecule has 0 saturated heterocycles. The van der Waals surface area contributed by atoms with Gasteiger partial charge in [0, 0.05) is 28.4 Å². The third-order valence-corrected chi connectivity index (χ3v) is 3.31. The Bertz CT molecular complexity index is 378. The van der Waals surface area contributed by atoms with Gasteiger partial charge < -0.3 is 10.2 Å². The summed E-state index contributed by atoms with van der Waals surface area (Å²) in [5, 5.41) is 19.6. The Morgan fingerprint density at radius 2 is 2.25 bits per heavy atom. The first-order chi connectivity index (χ1) is 7.67. The lowest BCUT2D eigenvalue weighted by Gasteiger charge is -2.21. The number of likely N-dealkylation sites (N-methyl/N-ethyl adjacent to an activating group) is 1. The third-order valence-electron chi connectivity index (χ3n) is 2.39. The van der Waals surface area contributed by atoms with E-state index < -0.39 is 0 Å². The minimum atomic E-state index is -0.105. The zero-order chi connectivity index (χ0) is 12.0. The SMILES string of the molecule is CC(CO)N(C)Cc1cc(C#CCO)cs1. The highest BCUT2D eigenvalue weighted by molar-refractivity contribution is 7.10. The fourth-order valence-electron chi connectivity index (χ4n) is 1.21. The van der Waals surface area contributed by atoms with Gasteiger partial charge in [-0.05, 0) is 20.0 Å². The van der Waals surface area contributed by atoms with Crippen molar-refractivity contribution in [1.29, 1.82) is 0 Å². The van der Waals surface area contributed by atoms with Gasteiger partial charge in [0.05, 0.1) is 6.61 Å². The summed E-state index contributed by atoms with van der Waals surface area (Å²) in [6.07, 6.45) is 0. The molecule has 0 bridgehead atoms. The largest absolute Gasteiger partial charge is 0.395 e.